The summed E-state index contributed by atoms with van der Waals surface area (Å²) in [7, 11) is 0. The SMILES string of the molecule is C=CC(=O)Nc1cccc(Nc2nc(Nc3ccc(OCCOCCNC(=O)CCCC(=O)NCCCOCCOCCOCCCNC(=O)CCC[C@H]4CC45SC[C@@H]4NC(=O)N[C@@H]45)c(F)c3)ncc2C#N)c1. The van der Waals surface area contributed by atoms with Gasteiger partial charge in [0.05, 0.1) is 57.9 Å². The summed E-state index contributed by atoms with van der Waals surface area (Å²) < 4.78 is 42.8. The normalized spacial score (nSPS) is 18.1. The molecule has 6 rings (SSSR count). The van der Waals surface area contributed by atoms with Crippen LogP contribution >= 0.6 is 11.8 Å². The fraction of sp³-hybridized carbons (Fsp3) is 0.520. The summed E-state index contributed by atoms with van der Waals surface area (Å²) in [5, 5.41) is 32.8. The van der Waals surface area contributed by atoms with Crippen molar-refractivity contribution in [2.75, 3.05) is 101 Å². The Morgan fingerprint density at radius 1 is 0.795 bits per heavy atom. The van der Waals surface area contributed by atoms with Crippen molar-refractivity contribution in [3.05, 3.63) is 72.7 Å². The smallest absolute Gasteiger partial charge is 0.315 e. The Morgan fingerprint density at radius 2 is 1.44 bits per heavy atom. The van der Waals surface area contributed by atoms with E-state index in [-0.39, 0.29) is 109 Å². The van der Waals surface area contributed by atoms with Gasteiger partial charge in [-0.1, -0.05) is 12.6 Å². The van der Waals surface area contributed by atoms with Crippen LogP contribution in [0, 0.1) is 23.1 Å². The molecule has 3 heterocycles. The molecule has 0 bridgehead atoms. The zero-order valence-corrected chi connectivity index (χ0v) is 41.7. The summed E-state index contributed by atoms with van der Waals surface area (Å²) in [5.41, 5.74) is 1.56. The summed E-state index contributed by atoms with van der Waals surface area (Å²) in [6.45, 7) is 7.95. The number of ether oxygens (including phenoxy) is 5. The second-order valence-electron chi connectivity index (χ2n) is 17.4. The molecule has 1 unspecified atom stereocenters. The molecule has 0 radical (unpaired) electrons. The minimum absolute atomic E-state index is 0.00589. The molecular formula is C50H66FN11O10S. The van der Waals surface area contributed by atoms with Gasteiger partial charge >= 0.3 is 6.03 Å². The number of aromatic nitrogens is 2. The first-order chi connectivity index (χ1) is 35.5. The molecule has 6 amide bonds. The average Bonchev–Trinajstić information content (AvgIpc) is 3.80. The van der Waals surface area contributed by atoms with Gasteiger partial charge in [0.1, 0.15) is 18.2 Å². The van der Waals surface area contributed by atoms with Gasteiger partial charge in [-0.25, -0.2) is 14.2 Å². The van der Waals surface area contributed by atoms with Gasteiger partial charge in [0.2, 0.25) is 29.6 Å². The van der Waals surface area contributed by atoms with Gasteiger partial charge in [0.15, 0.2) is 17.4 Å². The molecular weight excluding hydrogens is 966 g/mol. The lowest BCUT2D eigenvalue weighted by Crippen LogP contribution is -2.39. The van der Waals surface area contributed by atoms with Gasteiger partial charge in [-0.2, -0.15) is 22.0 Å². The zero-order chi connectivity index (χ0) is 51.7. The maximum Gasteiger partial charge on any atom is 0.315 e. The van der Waals surface area contributed by atoms with Crippen LogP contribution in [0.3, 0.4) is 0 Å². The Labute approximate surface area is 428 Å². The molecule has 394 valence electrons. The van der Waals surface area contributed by atoms with Gasteiger partial charge in [0, 0.05) is 85.7 Å². The number of hydrogen-bond donors (Lipinski definition) is 8. The molecule has 21 nitrogen and oxygen atoms in total. The van der Waals surface area contributed by atoms with Gasteiger partial charge in [-0.05, 0) is 80.9 Å². The summed E-state index contributed by atoms with van der Waals surface area (Å²) in [4.78, 5) is 68.5. The molecule has 3 aliphatic rings. The van der Waals surface area contributed by atoms with Crippen LogP contribution in [0.15, 0.2) is 61.3 Å². The van der Waals surface area contributed by atoms with Crippen LogP contribution in [-0.2, 0) is 38.1 Å². The number of fused-ring (bicyclic) bond motifs is 2. The average molecular weight is 1030 g/mol. The Morgan fingerprint density at radius 3 is 2.14 bits per heavy atom. The number of nitrogens with one attached hydrogen (secondary N) is 8. The summed E-state index contributed by atoms with van der Waals surface area (Å²) in [6.07, 6.45) is 8.17. The van der Waals surface area contributed by atoms with E-state index in [1.54, 1.807) is 30.3 Å². The van der Waals surface area contributed by atoms with E-state index in [1.807, 2.05) is 17.8 Å². The van der Waals surface area contributed by atoms with Crippen molar-refractivity contribution in [3.8, 4) is 11.8 Å². The minimum Gasteiger partial charge on any atom is -0.488 e. The van der Waals surface area contributed by atoms with Crippen LogP contribution in [0.4, 0.5) is 38.0 Å². The van der Waals surface area contributed by atoms with Crippen LogP contribution in [0.2, 0.25) is 0 Å². The highest BCUT2D eigenvalue weighted by molar-refractivity contribution is 8.01. The molecule has 1 aromatic heterocycles. The third-order valence-electron chi connectivity index (χ3n) is 12.0. The molecule has 2 aliphatic heterocycles. The Kier molecular flexibility index (Phi) is 22.8. The first-order valence-electron chi connectivity index (χ1n) is 24.6. The number of carbonyl (C=O) groups is 5. The predicted molar refractivity (Wildman–Crippen MR) is 272 cm³/mol. The number of halogens is 1. The quantitative estimate of drug-likeness (QED) is 0.0228. The zero-order valence-electron chi connectivity index (χ0n) is 40.9. The minimum atomic E-state index is -0.637. The summed E-state index contributed by atoms with van der Waals surface area (Å²) >= 11 is 1.97. The lowest BCUT2D eigenvalue weighted by Gasteiger charge is -2.17. The fourth-order valence-corrected chi connectivity index (χ4v) is 10.1. The van der Waals surface area contributed by atoms with Crippen LogP contribution in [0.5, 0.6) is 5.75 Å². The van der Waals surface area contributed by atoms with Crippen molar-refractivity contribution < 1.29 is 52.0 Å². The number of amides is 6. The number of rotatable bonds is 35. The summed E-state index contributed by atoms with van der Waals surface area (Å²) in [5.74, 6) is 0.561. The predicted octanol–water partition coefficient (Wildman–Crippen LogP) is 4.57. The monoisotopic (exact) mass is 1030 g/mol. The highest BCUT2D eigenvalue weighted by atomic mass is 32.2. The molecule has 1 saturated carbocycles. The Bertz CT molecular complexity index is 2380. The van der Waals surface area contributed by atoms with E-state index >= 15 is 0 Å². The van der Waals surface area contributed by atoms with Gasteiger partial charge < -0.3 is 66.2 Å². The number of thioether (sulfide) groups is 1. The highest BCUT2D eigenvalue weighted by Crippen LogP contribution is 2.63. The van der Waals surface area contributed by atoms with Gasteiger partial charge in [0.25, 0.3) is 0 Å². The molecule has 1 spiro atoms. The number of nitriles is 1. The van der Waals surface area contributed by atoms with Crippen molar-refractivity contribution in [1.82, 2.24) is 36.6 Å². The Balaban J connectivity index is 0.679. The lowest BCUT2D eigenvalue weighted by molar-refractivity contribution is -0.123. The number of hydrogen-bond acceptors (Lipinski definition) is 16. The van der Waals surface area contributed by atoms with E-state index in [1.165, 1.54) is 18.3 Å². The van der Waals surface area contributed by atoms with Gasteiger partial charge in [-0.3, -0.25) is 19.2 Å². The first-order valence-corrected chi connectivity index (χ1v) is 25.6. The number of nitrogens with zero attached hydrogens (tertiary/aromatic N) is 3. The maximum atomic E-state index is 14.9. The van der Waals surface area contributed by atoms with E-state index < -0.39 is 5.82 Å². The van der Waals surface area contributed by atoms with E-state index in [0.29, 0.717) is 95.0 Å². The molecule has 2 aromatic carbocycles. The number of benzene rings is 2. The van der Waals surface area contributed by atoms with Crippen LogP contribution in [-0.4, -0.2) is 141 Å². The third kappa shape index (κ3) is 18.8. The van der Waals surface area contributed by atoms with Crippen molar-refractivity contribution in [2.45, 2.75) is 74.6 Å². The van der Waals surface area contributed by atoms with E-state index in [4.69, 9.17) is 23.7 Å². The van der Waals surface area contributed by atoms with Crippen molar-refractivity contribution in [2.24, 2.45) is 5.92 Å². The van der Waals surface area contributed by atoms with Crippen LogP contribution < -0.4 is 47.3 Å². The molecule has 3 fully saturated rings. The number of urea groups is 1. The second kappa shape index (κ2) is 29.8. The van der Waals surface area contributed by atoms with Gasteiger partial charge in [-0.15, -0.1) is 0 Å². The van der Waals surface area contributed by atoms with Crippen molar-refractivity contribution in [1.29, 1.82) is 5.26 Å². The van der Waals surface area contributed by atoms with Crippen LogP contribution in [0.1, 0.15) is 63.4 Å². The molecule has 1 aliphatic carbocycles. The molecule has 2 saturated heterocycles. The third-order valence-corrected chi connectivity index (χ3v) is 13.8. The highest BCUT2D eigenvalue weighted by Gasteiger charge is 2.66. The van der Waals surface area contributed by atoms with E-state index in [0.717, 1.165) is 37.5 Å². The van der Waals surface area contributed by atoms with E-state index in [2.05, 4.69) is 59.1 Å². The molecule has 73 heavy (non-hydrogen) atoms. The fourth-order valence-electron chi connectivity index (χ4n) is 8.25. The second-order valence-corrected chi connectivity index (χ2v) is 18.8. The number of carbonyl (C=O) groups excluding carboxylic acids is 5. The van der Waals surface area contributed by atoms with E-state index in [9.17, 15) is 33.6 Å². The number of anilines is 5. The molecule has 23 heteroatoms. The lowest BCUT2D eigenvalue weighted by atomic mass is 10.0. The Hall–Kier alpha value is -6.58. The standard InChI is InChI=1S/C50H66FN11O10S/c1-2-42(63)57-36-9-4-10-37(28-36)58-47-34(31-52)32-56-48(62-47)59-38-14-15-41(39(51)29-38)72-27-26-70-21-18-55-45(66)13-5-12-44(65)54-17-7-20-69-23-25-71-24-22-68-19-6-16-53-43(64)11-3-8-35-30-50(35)46-40(33-73-50)60-49(67)61-46/h2,4,9-10,14-15,28-29,32,35,40,46H,1,3,5-8,11-13,16-27,30,33H2,(H,53,64)(H,54,65)(H,55,66)(H,57,63)(H2,60,61,67)(H2,56,58,59,62)/t35-,40-,46-,50?/m0/s1. The molecule has 4 atom stereocenters. The largest absolute Gasteiger partial charge is 0.488 e. The summed E-state index contributed by atoms with van der Waals surface area (Å²) in [6, 6.07) is 13.5. The first kappa shape index (κ1) is 55.7. The maximum absolute atomic E-state index is 14.9. The molecule has 3 aromatic rings. The topological polar surface area (TPSA) is 277 Å². The van der Waals surface area contributed by atoms with Crippen molar-refractivity contribution >= 4 is 70.3 Å². The van der Waals surface area contributed by atoms with Crippen molar-refractivity contribution in [3.63, 3.8) is 0 Å². The molecule has 8 N–H and O–H groups in total. The van der Waals surface area contributed by atoms with Crippen LogP contribution in [0.25, 0.3) is 0 Å².